The summed E-state index contributed by atoms with van der Waals surface area (Å²) in [7, 11) is -1.10. The molecule has 1 aliphatic rings. The number of nitrogens with zero attached hydrogens (tertiary/aromatic N) is 2. The molecule has 1 atom stereocenters. The van der Waals surface area contributed by atoms with Gasteiger partial charge < -0.3 is 19.7 Å². The van der Waals surface area contributed by atoms with E-state index in [0.29, 0.717) is 27.8 Å². The van der Waals surface area contributed by atoms with Crippen LogP contribution in [0.5, 0.6) is 11.5 Å². The molecule has 2 amide bonds. The normalized spacial score (nSPS) is 14.8. The van der Waals surface area contributed by atoms with Crippen molar-refractivity contribution in [3.63, 3.8) is 0 Å². The van der Waals surface area contributed by atoms with E-state index >= 15 is 0 Å². The zero-order valence-electron chi connectivity index (χ0n) is 23.3. The summed E-state index contributed by atoms with van der Waals surface area (Å²) in [5.41, 5.74) is 0.718. The first-order chi connectivity index (χ1) is 19.0. The minimum absolute atomic E-state index is 0.0156. The van der Waals surface area contributed by atoms with Crippen molar-refractivity contribution in [1.82, 2.24) is 10.2 Å². The Balaban J connectivity index is 2.00. The van der Waals surface area contributed by atoms with Gasteiger partial charge in [-0.05, 0) is 49.1 Å². The molecule has 0 aromatic heterocycles. The van der Waals surface area contributed by atoms with Gasteiger partial charge in [-0.3, -0.25) is 13.9 Å². The minimum atomic E-state index is -3.96. The number of amides is 2. The monoisotopic (exact) mass is 613 g/mol. The van der Waals surface area contributed by atoms with E-state index in [9.17, 15) is 18.0 Å². The maximum absolute atomic E-state index is 14.0. The van der Waals surface area contributed by atoms with E-state index in [-0.39, 0.29) is 29.9 Å². The van der Waals surface area contributed by atoms with Crippen LogP contribution in [0.2, 0.25) is 10.0 Å². The molecule has 220 valence electrons. The number of hydrogen-bond donors (Lipinski definition) is 1. The van der Waals surface area contributed by atoms with Gasteiger partial charge in [-0.15, -0.1) is 0 Å². The highest BCUT2D eigenvalue weighted by Crippen LogP contribution is 2.34. The van der Waals surface area contributed by atoms with E-state index < -0.39 is 28.5 Å². The van der Waals surface area contributed by atoms with Crippen molar-refractivity contribution in [3.8, 4) is 11.5 Å². The van der Waals surface area contributed by atoms with Gasteiger partial charge in [0.25, 0.3) is 0 Å². The Kier molecular flexibility index (Phi) is 11.4. The number of anilines is 1. The lowest BCUT2D eigenvalue weighted by molar-refractivity contribution is -0.140. The predicted molar refractivity (Wildman–Crippen MR) is 158 cm³/mol. The molecule has 12 heteroatoms. The van der Waals surface area contributed by atoms with Crippen LogP contribution < -0.4 is 19.1 Å². The van der Waals surface area contributed by atoms with Crippen molar-refractivity contribution in [2.45, 2.75) is 64.1 Å². The lowest BCUT2D eigenvalue weighted by Crippen LogP contribution is -2.54. The number of carbonyl (C=O) groups is 2. The molecule has 1 fully saturated rings. The van der Waals surface area contributed by atoms with Crippen LogP contribution in [-0.2, 0) is 26.2 Å². The van der Waals surface area contributed by atoms with Crippen LogP contribution in [0.4, 0.5) is 5.69 Å². The number of ether oxygens (including phenoxy) is 2. The maximum Gasteiger partial charge on any atom is 0.244 e. The Hall–Kier alpha value is -2.69. The van der Waals surface area contributed by atoms with Crippen LogP contribution in [0.15, 0.2) is 36.4 Å². The number of benzene rings is 2. The molecular formula is C28H37Cl2N3O6S. The minimum Gasteiger partial charge on any atom is -0.497 e. The number of nitrogens with one attached hydrogen (secondary N) is 1. The van der Waals surface area contributed by atoms with E-state index in [0.717, 1.165) is 42.7 Å². The average molecular weight is 615 g/mol. The standard InChI is InChI=1S/C28H37Cl2N3O6S/c1-5-24(28(35)31-21-9-7-6-8-10-21)32(17-19-11-12-20(29)15-23(19)30)27(34)18-33(40(4,36)37)25-16-22(38-2)13-14-26(25)39-3/h11-16,21,24H,5-10,17-18H2,1-4H3,(H,31,35)/t24-/m1/s1. The third-order valence-electron chi connectivity index (χ3n) is 7.03. The van der Waals surface area contributed by atoms with Gasteiger partial charge in [0.1, 0.15) is 24.1 Å². The van der Waals surface area contributed by atoms with Crippen molar-refractivity contribution in [1.29, 1.82) is 0 Å². The highest BCUT2D eigenvalue weighted by Gasteiger charge is 2.34. The Bertz CT molecular complexity index is 1300. The predicted octanol–water partition coefficient (Wildman–Crippen LogP) is 5.03. The van der Waals surface area contributed by atoms with Crippen LogP contribution in [0, 0.1) is 0 Å². The number of methoxy groups -OCH3 is 2. The van der Waals surface area contributed by atoms with E-state index in [1.54, 1.807) is 30.3 Å². The molecule has 0 bridgehead atoms. The molecule has 2 aromatic rings. The largest absolute Gasteiger partial charge is 0.497 e. The van der Waals surface area contributed by atoms with Gasteiger partial charge in [0.2, 0.25) is 21.8 Å². The lowest BCUT2D eigenvalue weighted by Gasteiger charge is -2.34. The van der Waals surface area contributed by atoms with Crippen LogP contribution in [-0.4, -0.2) is 64.2 Å². The molecule has 0 aliphatic heterocycles. The number of hydrogen-bond acceptors (Lipinski definition) is 6. The van der Waals surface area contributed by atoms with Crippen molar-refractivity contribution in [3.05, 3.63) is 52.0 Å². The summed E-state index contributed by atoms with van der Waals surface area (Å²) >= 11 is 12.5. The summed E-state index contributed by atoms with van der Waals surface area (Å²) in [6.07, 6.45) is 6.31. The summed E-state index contributed by atoms with van der Waals surface area (Å²) in [6.45, 7) is 1.23. The van der Waals surface area contributed by atoms with E-state index in [1.807, 2.05) is 6.92 Å². The van der Waals surface area contributed by atoms with Crippen molar-refractivity contribution < 1.29 is 27.5 Å². The van der Waals surface area contributed by atoms with Crippen molar-refractivity contribution in [2.75, 3.05) is 31.3 Å². The quantitative estimate of drug-likeness (QED) is 0.360. The summed E-state index contributed by atoms with van der Waals surface area (Å²) in [5.74, 6) is -0.224. The SMILES string of the molecule is CC[C@H](C(=O)NC1CCCCC1)N(Cc1ccc(Cl)cc1Cl)C(=O)CN(c1cc(OC)ccc1OC)S(C)(=O)=O. The topological polar surface area (TPSA) is 105 Å². The van der Waals surface area contributed by atoms with Gasteiger partial charge in [-0.1, -0.05) is 55.5 Å². The molecule has 0 radical (unpaired) electrons. The summed E-state index contributed by atoms with van der Waals surface area (Å²) < 4.78 is 37.6. The molecular weight excluding hydrogens is 577 g/mol. The maximum atomic E-state index is 14.0. The third kappa shape index (κ3) is 8.17. The molecule has 0 spiro atoms. The molecule has 0 heterocycles. The Morgan fingerprint density at radius 2 is 1.75 bits per heavy atom. The Morgan fingerprint density at radius 1 is 1.05 bits per heavy atom. The Morgan fingerprint density at radius 3 is 2.33 bits per heavy atom. The fourth-order valence-electron chi connectivity index (χ4n) is 4.88. The number of halogens is 2. The first-order valence-electron chi connectivity index (χ1n) is 13.2. The van der Waals surface area contributed by atoms with Crippen LogP contribution in [0.25, 0.3) is 0 Å². The molecule has 40 heavy (non-hydrogen) atoms. The molecule has 0 unspecified atom stereocenters. The van der Waals surface area contributed by atoms with Crippen LogP contribution in [0.1, 0.15) is 51.0 Å². The highest BCUT2D eigenvalue weighted by atomic mass is 35.5. The fraction of sp³-hybridized carbons (Fsp3) is 0.500. The van der Waals surface area contributed by atoms with Gasteiger partial charge in [0, 0.05) is 28.7 Å². The van der Waals surface area contributed by atoms with E-state index in [2.05, 4.69) is 5.32 Å². The summed E-state index contributed by atoms with van der Waals surface area (Å²) in [5, 5.41) is 3.88. The number of carbonyl (C=O) groups excluding carboxylic acids is 2. The first-order valence-corrected chi connectivity index (χ1v) is 15.8. The molecule has 1 saturated carbocycles. The van der Waals surface area contributed by atoms with Crippen LogP contribution in [0.3, 0.4) is 0 Å². The molecule has 1 N–H and O–H groups in total. The highest BCUT2D eigenvalue weighted by molar-refractivity contribution is 7.92. The van der Waals surface area contributed by atoms with Crippen LogP contribution >= 0.6 is 23.2 Å². The first kappa shape index (κ1) is 31.8. The van der Waals surface area contributed by atoms with Crippen molar-refractivity contribution in [2.24, 2.45) is 0 Å². The number of rotatable bonds is 12. The fourth-order valence-corrected chi connectivity index (χ4v) is 6.20. The lowest BCUT2D eigenvalue weighted by atomic mass is 9.95. The van der Waals surface area contributed by atoms with E-state index in [1.165, 1.54) is 25.2 Å². The smallest absolute Gasteiger partial charge is 0.244 e. The summed E-state index contributed by atoms with van der Waals surface area (Å²) in [6, 6.07) is 8.77. The second-order valence-corrected chi connectivity index (χ2v) is 12.6. The van der Waals surface area contributed by atoms with Gasteiger partial charge in [0.05, 0.1) is 26.2 Å². The zero-order valence-corrected chi connectivity index (χ0v) is 25.6. The van der Waals surface area contributed by atoms with Gasteiger partial charge >= 0.3 is 0 Å². The third-order valence-corrected chi connectivity index (χ3v) is 8.74. The number of sulfonamides is 1. The molecule has 2 aromatic carbocycles. The van der Waals surface area contributed by atoms with Crippen molar-refractivity contribution >= 4 is 50.7 Å². The van der Waals surface area contributed by atoms with Gasteiger partial charge in [-0.2, -0.15) is 0 Å². The van der Waals surface area contributed by atoms with Gasteiger partial charge in [-0.25, -0.2) is 8.42 Å². The second kappa shape index (κ2) is 14.3. The molecule has 1 aliphatic carbocycles. The molecule has 9 nitrogen and oxygen atoms in total. The molecule has 3 rings (SSSR count). The average Bonchev–Trinajstić information content (AvgIpc) is 2.92. The second-order valence-electron chi connectivity index (χ2n) is 9.83. The Labute approximate surface area is 246 Å². The van der Waals surface area contributed by atoms with E-state index in [4.69, 9.17) is 32.7 Å². The van der Waals surface area contributed by atoms with Gasteiger partial charge in [0.15, 0.2) is 0 Å². The zero-order chi connectivity index (χ0) is 29.4. The molecule has 0 saturated heterocycles. The summed E-state index contributed by atoms with van der Waals surface area (Å²) in [4.78, 5) is 28.9.